The van der Waals surface area contributed by atoms with Gasteiger partial charge in [-0.25, -0.2) is 15.0 Å². The first-order chi connectivity index (χ1) is 8.80. The number of hydrogen-bond donors (Lipinski definition) is 3. The summed E-state index contributed by atoms with van der Waals surface area (Å²) in [5, 5.41) is 26.4. The van der Waals surface area contributed by atoms with Gasteiger partial charge < -0.3 is 15.3 Å². The second-order valence-electron chi connectivity index (χ2n) is 4.07. The number of aryl methyl sites for hydroxylation is 3. The molecule has 3 N–H and O–H groups in total. The smallest absolute Gasteiger partial charge is 0.132 e. The van der Waals surface area contributed by atoms with Crippen LogP contribution in [0.3, 0.4) is 0 Å². The number of aliphatic hydroxyl groups excluding tert-OH is 3. The Bertz CT molecular complexity index is 283. The zero-order valence-corrected chi connectivity index (χ0v) is 10.5. The van der Waals surface area contributed by atoms with E-state index in [4.69, 9.17) is 15.3 Å². The molecule has 6 heteroatoms. The van der Waals surface area contributed by atoms with E-state index in [1.165, 1.54) is 0 Å². The van der Waals surface area contributed by atoms with Gasteiger partial charge in [-0.3, -0.25) is 0 Å². The molecule has 0 aliphatic heterocycles. The second-order valence-corrected chi connectivity index (χ2v) is 4.07. The van der Waals surface area contributed by atoms with Crippen LogP contribution in [0.15, 0.2) is 0 Å². The molecule has 1 rings (SSSR count). The molecule has 1 aromatic rings. The van der Waals surface area contributed by atoms with Gasteiger partial charge in [0.15, 0.2) is 0 Å². The van der Waals surface area contributed by atoms with Crippen LogP contribution >= 0.6 is 0 Å². The Balaban J connectivity index is 2.74. The van der Waals surface area contributed by atoms with Crippen molar-refractivity contribution >= 4 is 0 Å². The minimum Gasteiger partial charge on any atom is -0.396 e. The molecule has 0 fully saturated rings. The van der Waals surface area contributed by atoms with Crippen molar-refractivity contribution in [3.63, 3.8) is 0 Å². The lowest BCUT2D eigenvalue weighted by Crippen LogP contribution is -2.09. The van der Waals surface area contributed by atoms with E-state index in [-0.39, 0.29) is 19.8 Å². The van der Waals surface area contributed by atoms with Crippen LogP contribution in [0.1, 0.15) is 36.7 Å². The Labute approximate surface area is 107 Å². The summed E-state index contributed by atoms with van der Waals surface area (Å²) in [5.74, 6) is 2.04. The molecule has 18 heavy (non-hydrogen) atoms. The molecule has 0 aliphatic rings. The van der Waals surface area contributed by atoms with E-state index < -0.39 is 0 Å². The van der Waals surface area contributed by atoms with Crippen LogP contribution in [0.4, 0.5) is 0 Å². The molecule has 0 spiro atoms. The van der Waals surface area contributed by atoms with Crippen LogP contribution < -0.4 is 0 Å². The number of aliphatic hydroxyl groups is 3. The van der Waals surface area contributed by atoms with Gasteiger partial charge in [-0.05, 0) is 19.3 Å². The molecule has 0 bridgehead atoms. The molecule has 0 amide bonds. The molecule has 0 atom stereocenters. The lowest BCUT2D eigenvalue weighted by atomic mass is 10.2. The fraction of sp³-hybridized carbons (Fsp3) is 0.750. The highest BCUT2D eigenvalue weighted by Gasteiger charge is 2.06. The van der Waals surface area contributed by atoms with E-state index >= 15 is 0 Å². The van der Waals surface area contributed by atoms with Crippen molar-refractivity contribution in [1.29, 1.82) is 0 Å². The summed E-state index contributed by atoms with van der Waals surface area (Å²) in [6.07, 6.45) is 3.75. The van der Waals surface area contributed by atoms with Crippen LogP contribution in [0, 0.1) is 0 Å². The van der Waals surface area contributed by atoms with Crippen LogP contribution in [0.25, 0.3) is 0 Å². The van der Waals surface area contributed by atoms with E-state index in [1.54, 1.807) is 0 Å². The van der Waals surface area contributed by atoms with Crippen LogP contribution in [0.2, 0.25) is 0 Å². The summed E-state index contributed by atoms with van der Waals surface area (Å²) in [6.45, 7) is 0.344. The maximum Gasteiger partial charge on any atom is 0.132 e. The van der Waals surface area contributed by atoms with Crippen molar-refractivity contribution < 1.29 is 15.3 Å². The fourth-order valence-corrected chi connectivity index (χ4v) is 1.57. The minimum atomic E-state index is 0.115. The first-order valence-corrected chi connectivity index (χ1v) is 6.35. The Morgan fingerprint density at radius 1 is 0.556 bits per heavy atom. The first kappa shape index (κ1) is 14.9. The highest BCUT2D eigenvalue weighted by molar-refractivity contribution is 4.98. The van der Waals surface area contributed by atoms with Gasteiger partial charge in [-0.15, -0.1) is 0 Å². The Kier molecular flexibility index (Phi) is 7.40. The first-order valence-electron chi connectivity index (χ1n) is 6.35. The Hall–Kier alpha value is -1.11. The molecule has 6 nitrogen and oxygen atoms in total. The van der Waals surface area contributed by atoms with Crippen molar-refractivity contribution in [1.82, 2.24) is 15.0 Å². The molecule has 0 aromatic carbocycles. The standard InChI is InChI=1S/C12H21N3O3/c16-7-1-4-10-13-11(5-2-8-17)15-12(14-10)6-3-9-18/h16-18H,1-9H2. The van der Waals surface area contributed by atoms with Crippen molar-refractivity contribution in [3.05, 3.63) is 17.5 Å². The number of hydrogen-bond acceptors (Lipinski definition) is 6. The largest absolute Gasteiger partial charge is 0.396 e. The van der Waals surface area contributed by atoms with Crippen molar-refractivity contribution in [2.75, 3.05) is 19.8 Å². The Morgan fingerprint density at radius 2 is 0.833 bits per heavy atom. The van der Waals surface area contributed by atoms with Gasteiger partial charge in [-0.1, -0.05) is 0 Å². The molecule has 0 saturated carbocycles. The van der Waals surface area contributed by atoms with Crippen molar-refractivity contribution in [2.45, 2.75) is 38.5 Å². The van der Waals surface area contributed by atoms with Gasteiger partial charge in [0, 0.05) is 39.1 Å². The predicted molar refractivity (Wildman–Crippen MR) is 66.0 cm³/mol. The Morgan fingerprint density at radius 3 is 1.06 bits per heavy atom. The average Bonchev–Trinajstić information content (AvgIpc) is 2.40. The van der Waals surface area contributed by atoms with Gasteiger partial charge in [0.05, 0.1) is 0 Å². The normalized spacial score (nSPS) is 10.8. The third-order valence-corrected chi connectivity index (χ3v) is 2.45. The van der Waals surface area contributed by atoms with Crippen LogP contribution in [-0.4, -0.2) is 50.1 Å². The third kappa shape index (κ3) is 5.48. The van der Waals surface area contributed by atoms with E-state index in [9.17, 15) is 0 Å². The number of nitrogens with zero attached hydrogens (tertiary/aromatic N) is 3. The fourth-order valence-electron chi connectivity index (χ4n) is 1.57. The van der Waals surface area contributed by atoms with E-state index in [1.807, 2.05) is 0 Å². The summed E-state index contributed by atoms with van der Waals surface area (Å²) in [4.78, 5) is 12.9. The summed E-state index contributed by atoms with van der Waals surface area (Å²) < 4.78 is 0. The summed E-state index contributed by atoms with van der Waals surface area (Å²) >= 11 is 0. The molecule has 102 valence electrons. The number of aromatic nitrogens is 3. The van der Waals surface area contributed by atoms with Gasteiger partial charge in [0.25, 0.3) is 0 Å². The van der Waals surface area contributed by atoms with Gasteiger partial charge in [0.1, 0.15) is 17.5 Å². The highest BCUT2D eigenvalue weighted by atomic mass is 16.3. The lowest BCUT2D eigenvalue weighted by molar-refractivity contribution is 0.284. The zero-order chi connectivity index (χ0) is 13.2. The highest BCUT2D eigenvalue weighted by Crippen LogP contribution is 2.04. The topological polar surface area (TPSA) is 99.4 Å². The molecule has 1 aromatic heterocycles. The van der Waals surface area contributed by atoms with Crippen LogP contribution in [0.5, 0.6) is 0 Å². The second kappa shape index (κ2) is 8.91. The molecular formula is C12H21N3O3. The summed E-state index contributed by atoms with van der Waals surface area (Å²) in [5.41, 5.74) is 0. The summed E-state index contributed by atoms with van der Waals surface area (Å²) in [7, 11) is 0. The molecular weight excluding hydrogens is 234 g/mol. The summed E-state index contributed by atoms with van der Waals surface area (Å²) in [6, 6.07) is 0. The molecule has 1 heterocycles. The van der Waals surface area contributed by atoms with Gasteiger partial charge in [0.2, 0.25) is 0 Å². The predicted octanol–water partition coefficient (Wildman–Crippen LogP) is -0.354. The van der Waals surface area contributed by atoms with E-state index in [2.05, 4.69) is 15.0 Å². The monoisotopic (exact) mass is 255 g/mol. The zero-order valence-electron chi connectivity index (χ0n) is 10.5. The molecule has 0 aliphatic carbocycles. The average molecular weight is 255 g/mol. The minimum absolute atomic E-state index is 0.115. The third-order valence-electron chi connectivity index (χ3n) is 2.45. The van der Waals surface area contributed by atoms with Crippen LogP contribution in [-0.2, 0) is 19.3 Å². The van der Waals surface area contributed by atoms with E-state index in [0.717, 1.165) is 0 Å². The maximum atomic E-state index is 8.81. The SMILES string of the molecule is OCCCc1nc(CCCO)nc(CCCO)n1. The quantitative estimate of drug-likeness (QED) is 0.557. The number of rotatable bonds is 9. The molecule has 0 unspecified atom stereocenters. The molecule has 0 radical (unpaired) electrons. The molecule has 0 saturated heterocycles. The lowest BCUT2D eigenvalue weighted by Gasteiger charge is -2.06. The maximum absolute atomic E-state index is 8.81. The van der Waals surface area contributed by atoms with E-state index in [0.29, 0.717) is 56.0 Å². The van der Waals surface area contributed by atoms with Crippen molar-refractivity contribution in [2.24, 2.45) is 0 Å². The van der Waals surface area contributed by atoms with Gasteiger partial charge in [-0.2, -0.15) is 0 Å². The van der Waals surface area contributed by atoms with Gasteiger partial charge >= 0.3 is 0 Å². The van der Waals surface area contributed by atoms with Crippen molar-refractivity contribution in [3.8, 4) is 0 Å².